The Hall–Kier alpha value is -1.89. The van der Waals surface area contributed by atoms with Crippen LogP contribution >= 0.6 is 0 Å². The fourth-order valence-corrected chi connectivity index (χ4v) is 2.85. The minimum atomic E-state index is -0.773. The summed E-state index contributed by atoms with van der Waals surface area (Å²) >= 11 is 0. The van der Waals surface area contributed by atoms with Crippen molar-refractivity contribution in [2.75, 3.05) is 0 Å². The molecule has 1 heterocycles. The number of hydrogen-bond donors (Lipinski definition) is 1. The number of rotatable bonds is 6. The van der Waals surface area contributed by atoms with Gasteiger partial charge in [-0.05, 0) is 52.0 Å². The van der Waals surface area contributed by atoms with Crippen LogP contribution in [0, 0.1) is 5.92 Å². The monoisotopic (exact) mass is 370 g/mol. The van der Waals surface area contributed by atoms with E-state index in [0.717, 1.165) is 0 Å². The van der Waals surface area contributed by atoms with Gasteiger partial charge >= 0.3 is 17.9 Å². The third kappa shape index (κ3) is 7.99. The van der Waals surface area contributed by atoms with Gasteiger partial charge in [-0.15, -0.1) is 0 Å². The molecule has 7 heteroatoms. The summed E-state index contributed by atoms with van der Waals surface area (Å²) < 4.78 is 15.8. The van der Waals surface area contributed by atoms with Crippen LogP contribution in [-0.4, -0.2) is 47.4 Å². The van der Waals surface area contributed by atoms with E-state index in [-0.39, 0.29) is 12.1 Å². The summed E-state index contributed by atoms with van der Waals surface area (Å²) in [6.07, 6.45) is 3.91. The third-order valence-electron chi connectivity index (χ3n) is 4.28. The van der Waals surface area contributed by atoms with Crippen LogP contribution in [0.1, 0.15) is 59.8 Å². The predicted molar refractivity (Wildman–Crippen MR) is 94.1 cm³/mol. The molecule has 0 fully saturated rings. The molecule has 0 aromatic carbocycles. The van der Waals surface area contributed by atoms with E-state index in [1.54, 1.807) is 19.9 Å². The molecule has 1 rings (SSSR count). The van der Waals surface area contributed by atoms with Gasteiger partial charge in [0, 0.05) is 13.8 Å². The molecule has 0 aromatic heterocycles. The number of hydrogen-bond acceptors (Lipinski definition) is 7. The van der Waals surface area contributed by atoms with E-state index in [0.29, 0.717) is 32.1 Å². The highest BCUT2D eigenvalue weighted by molar-refractivity contribution is 5.74. The molecule has 5 atom stereocenters. The van der Waals surface area contributed by atoms with Crippen molar-refractivity contribution in [2.24, 2.45) is 5.92 Å². The largest absolute Gasteiger partial charge is 0.463 e. The van der Waals surface area contributed by atoms with Gasteiger partial charge in [0.05, 0.1) is 18.1 Å². The lowest BCUT2D eigenvalue weighted by Crippen LogP contribution is -2.37. The second kappa shape index (κ2) is 11.0. The summed E-state index contributed by atoms with van der Waals surface area (Å²) in [5.74, 6) is -1.98. The number of carbonyl (C=O) groups is 3. The van der Waals surface area contributed by atoms with Crippen LogP contribution in [0.25, 0.3) is 0 Å². The van der Waals surface area contributed by atoms with Gasteiger partial charge < -0.3 is 19.3 Å². The van der Waals surface area contributed by atoms with E-state index >= 15 is 0 Å². The molecule has 1 aliphatic rings. The summed E-state index contributed by atoms with van der Waals surface area (Å²) in [4.78, 5) is 34.6. The molecule has 0 saturated carbocycles. The van der Waals surface area contributed by atoms with Crippen molar-refractivity contribution < 1.29 is 33.7 Å². The molecule has 0 aromatic rings. The number of carbonyl (C=O) groups excluding carboxylic acids is 3. The lowest BCUT2D eigenvalue weighted by molar-refractivity contribution is -0.166. The van der Waals surface area contributed by atoms with Gasteiger partial charge in [-0.2, -0.15) is 0 Å². The number of ether oxygens (including phenoxy) is 3. The summed E-state index contributed by atoms with van der Waals surface area (Å²) in [5, 5.41) is 10.3. The van der Waals surface area contributed by atoms with Crippen molar-refractivity contribution >= 4 is 17.9 Å². The van der Waals surface area contributed by atoms with E-state index in [4.69, 9.17) is 14.2 Å². The van der Waals surface area contributed by atoms with Crippen molar-refractivity contribution in [2.45, 2.75) is 84.2 Å². The van der Waals surface area contributed by atoms with Gasteiger partial charge in [-0.1, -0.05) is 6.08 Å². The Kier molecular flexibility index (Phi) is 9.34. The standard InChI is InChI=1S/C19H30O7/c1-12(24-14(3)20)8-7-11-18-16(22)9-5-6-10-17(25-15(4)21)13(2)19(23)26-18/h6,10,12-13,16-18,22H,5,7-9,11H2,1-4H3/t12-,13+,16-,17+,18+/m0/s1. The Morgan fingerprint density at radius 1 is 1.35 bits per heavy atom. The van der Waals surface area contributed by atoms with Crippen LogP contribution in [0.3, 0.4) is 0 Å². The number of cyclic esters (lactones) is 1. The molecule has 0 unspecified atom stereocenters. The Bertz CT molecular complexity index is 514. The Balaban J connectivity index is 2.69. The van der Waals surface area contributed by atoms with Crippen LogP contribution < -0.4 is 0 Å². The molecule has 0 bridgehead atoms. The van der Waals surface area contributed by atoms with E-state index in [9.17, 15) is 19.5 Å². The Labute approximate surface area is 154 Å². The zero-order chi connectivity index (χ0) is 19.7. The van der Waals surface area contributed by atoms with Gasteiger partial charge in [-0.3, -0.25) is 14.4 Å². The van der Waals surface area contributed by atoms with E-state index in [2.05, 4.69) is 0 Å². The van der Waals surface area contributed by atoms with Crippen LogP contribution in [0.15, 0.2) is 12.2 Å². The first-order valence-electron chi connectivity index (χ1n) is 9.10. The molecule has 7 nitrogen and oxygen atoms in total. The summed E-state index contributed by atoms with van der Waals surface area (Å²) in [5.41, 5.74) is 0. The van der Waals surface area contributed by atoms with E-state index in [1.165, 1.54) is 13.8 Å². The summed E-state index contributed by atoms with van der Waals surface area (Å²) in [7, 11) is 0. The first-order chi connectivity index (χ1) is 12.2. The molecular formula is C19H30O7. The SMILES string of the molecule is CC(=O)O[C@@H](C)CCC[C@H]1OC(=O)[C@H](C)[C@H](OC(C)=O)C=CCC[C@@H]1O. The minimum Gasteiger partial charge on any atom is -0.463 e. The van der Waals surface area contributed by atoms with Crippen LogP contribution in [0.2, 0.25) is 0 Å². The maximum absolute atomic E-state index is 12.4. The maximum atomic E-state index is 12.4. The minimum absolute atomic E-state index is 0.227. The number of allylic oxidation sites excluding steroid dienone is 1. The average Bonchev–Trinajstić information content (AvgIpc) is 2.53. The van der Waals surface area contributed by atoms with Gasteiger partial charge in [0.2, 0.25) is 0 Å². The number of esters is 3. The third-order valence-corrected chi connectivity index (χ3v) is 4.28. The number of aliphatic hydroxyl groups excluding tert-OH is 1. The summed E-state index contributed by atoms with van der Waals surface area (Å²) in [6.45, 7) is 6.08. The molecule has 1 N–H and O–H groups in total. The highest BCUT2D eigenvalue weighted by Gasteiger charge is 2.31. The van der Waals surface area contributed by atoms with Crippen molar-refractivity contribution in [3.8, 4) is 0 Å². The van der Waals surface area contributed by atoms with Gasteiger partial charge in [-0.25, -0.2) is 0 Å². The zero-order valence-corrected chi connectivity index (χ0v) is 16.0. The predicted octanol–water partition coefficient (Wildman–Crippen LogP) is 2.30. The Morgan fingerprint density at radius 3 is 2.65 bits per heavy atom. The molecule has 0 amide bonds. The molecular weight excluding hydrogens is 340 g/mol. The topological polar surface area (TPSA) is 99.1 Å². The van der Waals surface area contributed by atoms with E-state index < -0.39 is 36.2 Å². The maximum Gasteiger partial charge on any atom is 0.313 e. The quantitative estimate of drug-likeness (QED) is 0.435. The first kappa shape index (κ1) is 22.2. The summed E-state index contributed by atoms with van der Waals surface area (Å²) in [6, 6.07) is 0. The second-order valence-electron chi connectivity index (χ2n) is 6.76. The molecule has 0 spiro atoms. The van der Waals surface area contributed by atoms with Crippen LogP contribution in [0.4, 0.5) is 0 Å². The van der Waals surface area contributed by atoms with Crippen LogP contribution in [-0.2, 0) is 28.6 Å². The lowest BCUT2D eigenvalue weighted by atomic mass is 9.98. The first-order valence-corrected chi connectivity index (χ1v) is 9.10. The molecule has 0 radical (unpaired) electrons. The Morgan fingerprint density at radius 2 is 2.04 bits per heavy atom. The van der Waals surface area contributed by atoms with E-state index in [1.807, 2.05) is 6.08 Å². The average molecular weight is 370 g/mol. The second-order valence-corrected chi connectivity index (χ2v) is 6.76. The zero-order valence-electron chi connectivity index (χ0n) is 16.0. The van der Waals surface area contributed by atoms with Gasteiger partial charge in [0.25, 0.3) is 0 Å². The molecule has 1 aliphatic heterocycles. The highest BCUT2D eigenvalue weighted by Crippen LogP contribution is 2.21. The highest BCUT2D eigenvalue weighted by atomic mass is 16.6. The van der Waals surface area contributed by atoms with Crippen molar-refractivity contribution in [3.05, 3.63) is 12.2 Å². The van der Waals surface area contributed by atoms with Crippen molar-refractivity contribution in [3.63, 3.8) is 0 Å². The number of aliphatic hydroxyl groups is 1. The van der Waals surface area contributed by atoms with Gasteiger partial charge in [0.1, 0.15) is 12.2 Å². The molecule has 0 aliphatic carbocycles. The van der Waals surface area contributed by atoms with Gasteiger partial charge in [0.15, 0.2) is 0 Å². The fourth-order valence-electron chi connectivity index (χ4n) is 2.85. The molecule has 148 valence electrons. The normalized spacial score (nSPS) is 28.0. The van der Waals surface area contributed by atoms with Crippen molar-refractivity contribution in [1.82, 2.24) is 0 Å². The smallest absolute Gasteiger partial charge is 0.313 e. The van der Waals surface area contributed by atoms with Crippen molar-refractivity contribution in [1.29, 1.82) is 0 Å². The lowest BCUT2D eigenvalue weighted by Gasteiger charge is -2.28. The molecule has 0 saturated heterocycles. The van der Waals surface area contributed by atoms with Crippen LogP contribution in [0.5, 0.6) is 0 Å². The fraction of sp³-hybridized carbons (Fsp3) is 0.737. The molecule has 26 heavy (non-hydrogen) atoms.